The molecule has 1 aromatic heterocycles. The molecule has 0 spiro atoms. The van der Waals surface area contributed by atoms with Crippen LogP contribution in [0.5, 0.6) is 0 Å². The number of carbonyl (C=O) groups is 1. The third kappa shape index (κ3) is 10.3. The molecule has 1 aromatic rings. The zero-order valence-electron chi connectivity index (χ0n) is 17.8. The molecule has 2 N–H and O–H groups in total. The van der Waals surface area contributed by atoms with Gasteiger partial charge in [0.25, 0.3) is 0 Å². The van der Waals surface area contributed by atoms with Gasteiger partial charge in [0, 0.05) is 31.5 Å². The molecule has 7 nitrogen and oxygen atoms in total. The average molecular weight is 508 g/mol. The van der Waals surface area contributed by atoms with Crippen LogP contribution < -0.4 is 10.6 Å². The monoisotopic (exact) mass is 508 g/mol. The fraction of sp³-hybridized carbons (Fsp3) is 0.750. The third-order valence-corrected chi connectivity index (χ3v) is 4.25. The number of aryl methyl sites for hydroxylation is 2. The van der Waals surface area contributed by atoms with E-state index in [9.17, 15) is 4.79 Å². The molecule has 0 aromatic carbocycles. The summed E-state index contributed by atoms with van der Waals surface area (Å²) in [5, 5.41) is 10.8. The van der Waals surface area contributed by atoms with E-state index in [4.69, 9.17) is 9.26 Å². The molecule has 0 aliphatic heterocycles. The minimum Gasteiger partial charge on any atom is -0.466 e. The van der Waals surface area contributed by atoms with Gasteiger partial charge in [-0.05, 0) is 33.1 Å². The average Bonchev–Trinajstić information content (AvgIpc) is 3.07. The van der Waals surface area contributed by atoms with Crippen molar-refractivity contribution in [1.29, 1.82) is 0 Å². The highest BCUT2D eigenvalue weighted by molar-refractivity contribution is 14.0. The van der Waals surface area contributed by atoms with Crippen LogP contribution in [0.2, 0.25) is 0 Å². The lowest BCUT2D eigenvalue weighted by atomic mass is 10.1. The number of aliphatic imine (C=N–C) groups is 1. The van der Waals surface area contributed by atoms with E-state index in [0.717, 1.165) is 74.6 Å². The Balaban J connectivity index is 0.00000729. The number of halogens is 1. The zero-order chi connectivity index (χ0) is 19.9. The Morgan fingerprint density at radius 1 is 1.07 bits per heavy atom. The van der Waals surface area contributed by atoms with Crippen molar-refractivity contribution in [2.45, 2.75) is 79.2 Å². The minimum atomic E-state index is -0.0937. The Bertz CT molecular complexity index is 554. The van der Waals surface area contributed by atoms with E-state index in [1.807, 2.05) is 6.92 Å². The molecule has 0 aliphatic rings. The topological polar surface area (TPSA) is 88.8 Å². The van der Waals surface area contributed by atoms with Gasteiger partial charge in [0.15, 0.2) is 5.96 Å². The van der Waals surface area contributed by atoms with Crippen molar-refractivity contribution < 1.29 is 14.1 Å². The number of aromatic nitrogens is 1. The first kappa shape index (κ1) is 26.7. The maximum absolute atomic E-state index is 11.3. The van der Waals surface area contributed by atoms with Crippen LogP contribution in [0.1, 0.15) is 76.8 Å². The van der Waals surface area contributed by atoms with Crippen LogP contribution >= 0.6 is 24.0 Å². The molecule has 0 aliphatic carbocycles. The van der Waals surface area contributed by atoms with Crippen molar-refractivity contribution in [3.63, 3.8) is 0 Å². The molecule has 1 heterocycles. The van der Waals surface area contributed by atoms with Crippen molar-refractivity contribution in [3.8, 4) is 0 Å². The Hall–Kier alpha value is -1.32. The summed E-state index contributed by atoms with van der Waals surface area (Å²) < 4.78 is 10.3. The summed E-state index contributed by atoms with van der Waals surface area (Å²) >= 11 is 0. The molecule has 0 radical (unpaired) electrons. The van der Waals surface area contributed by atoms with E-state index in [0.29, 0.717) is 19.6 Å². The largest absolute Gasteiger partial charge is 0.466 e. The number of ether oxygens (including phenoxy) is 1. The molecule has 28 heavy (non-hydrogen) atoms. The Labute approximate surface area is 186 Å². The van der Waals surface area contributed by atoms with Gasteiger partial charge in [-0.15, -0.1) is 24.0 Å². The Morgan fingerprint density at radius 3 is 2.46 bits per heavy atom. The number of nitrogens with zero attached hydrogens (tertiary/aromatic N) is 2. The number of hydrogen-bond acceptors (Lipinski definition) is 5. The van der Waals surface area contributed by atoms with Gasteiger partial charge in [-0.25, -0.2) is 4.99 Å². The molecule has 0 amide bonds. The maximum Gasteiger partial charge on any atom is 0.305 e. The summed E-state index contributed by atoms with van der Waals surface area (Å²) in [6.45, 7) is 10.7. The summed E-state index contributed by atoms with van der Waals surface area (Å²) in [7, 11) is 0. The van der Waals surface area contributed by atoms with Crippen LogP contribution in [0.15, 0.2) is 9.52 Å². The molecule has 0 atom stereocenters. The first-order valence-electron chi connectivity index (χ1n) is 10.3. The molecule has 0 fully saturated rings. The smallest absolute Gasteiger partial charge is 0.305 e. The number of esters is 1. The molecule has 162 valence electrons. The lowest BCUT2D eigenvalue weighted by molar-refractivity contribution is -0.143. The second-order valence-electron chi connectivity index (χ2n) is 6.33. The highest BCUT2D eigenvalue weighted by Gasteiger charge is 2.13. The summed E-state index contributed by atoms with van der Waals surface area (Å²) in [4.78, 5) is 16.0. The fourth-order valence-corrected chi connectivity index (χ4v) is 2.80. The molecule has 0 saturated carbocycles. The van der Waals surface area contributed by atoms with E-state index in [1.54, 1.807) is 0 Å². The minimum absolute atomic E-state index is 0. The van der Waals surface area contributed by atoms with Crippen LogP contribution in [0.4, 0.5) is 0 Å². The van der Waals surface area contributed by atoms with Crippen molar-refractivity contribution in [2.75, 3.05) is 19.7 Å². The predicted molar refractivity (Wildman–Crippen MR) is 123 cm³/mol. The number of guanidine groups is 1. The van der Waals surface area contributed by atoms with Gasteiger partial charge in [-0.3, -0.25) is 4.79 Å². The van der Waals surface area contributed by atoms with E-state index < -0.39 is 0 Å². The second-order valence-corrected chi connectivity index (χ2v) is 6.33. The van der Waals surface area contributed by atoms with Crippen LogP contribution in [0.3, 0.4) is 0 Å². The fourth-order valence-electron chi connectivity index (χ4n) is 2.80. The molecule has 1 rings (SSSR count). The van der Waals surface area contributed by atoms with Gasteiger partial charge < -0.3 is 19.9 Å². The lowest BCUT2D eigenvalue weighted by Gasteiger charge is -2.11. The van der Waals surface area contributed by atoms with Crippen molar-refractivity contribution >= 4 is 35.9 Å². The van der Waals surface area contributed by atoms with Gasteiger partial charge in [-0.1, -0.05) is 31.8 Å². The molecule has 8 heteroatoms. The number of hydrogen-bond donors (Lipinski definition) is 2. The van der Waals surface area contributed by atoms with E-state index >= 15 is 0 Å². The zero-order valence-corrected chi connectivity index (χ0v) is 20.1. The number of rotatable bonds is 13. The molecule has 0 saturated heterocycles. The van der Waals surface area contributed by atoms with Gasteiger partial charge in [0.2, 0.25) is 0 Å². The van der Waals surface area contributed by atoms with Crippen LogP contribution in [-0.4, -0.2) is 36.8 Å². The maximum atomic E-state index is 11.3. The molecular weight excluding hydrogens is 471 g/mol. The predicted octanol–water partition coefficient (Wildman–Crippen LogP) is 3.99. The Morgan fingerprint density at radius 2 is 1.82 bits per heavy atom. The van der Waals surface area contributed by atoms with Gasteiger partial charge in [0.05, 0.1) is 18.8 Å². The number of unbranched alkanes of at least 4 members (excludes halogenated alkanes) is 3. The van der Waals surface area contributed by atoms with Crippen LogP contribution in [0.25, 0.3) is 0 Å². The van der Waals surface area contributed by atoms with Crippen molar-refractivity contribution in [2.24, 2.45) is 4.99 Å². The van der Waals surface area contributed by atoms with Crippen molar-refractivity contribution in [3.05, 3.63) is 17.0 Å². The highest BCUT2D eigenvalue weighted by Crippen LogP contribution is 2.16. The first-order chi connectivity index (χ1) is 13.2. The number of nitrogens with one attached hydrogen (secondary N) is 2. The van der Waals surface area contributed by atoms with E-state index in [-0.39, 0.29) is 29.9 Å². The second kappa shape index (κ2) is 16.6. The van der Waals surface area contributed by atoms with Crippen LogP contribution in [-0.2, 0) is 28.9 Å². The summed E-state index contributed by atoms with van der Waals surface area (Å²) in [6.07, 6.45) is 6.24. The van der Waals surface area contributed by atoms with Gasteiger partial charge in [0.1, 0.15) is 5.76 Å². The molecule has 0 unspecified atom stereocenters. The lowest BCUT2D eigenvalue weighted by Crippen LogP contribution is -2.37. The van der Waals surface area contributed by atoms with Crippen molar-refractivity contribution in [1.82, 2.24) is 15.8 Å². The Kier molecular flexibility index (Phi) is 15.8. The van der Waals surface area contributed by atoms with Gasteiger partial charge >= 0.3 is 5.97 Å². The third-order valence-electron chi connectivity index (χ3n) is 4.25. The summed E-state index contributed by atoms with van der Waals surface area (Å²) in [5.74, 6) is 1.64. The van der Waals surface area contributed by atoms with E-state index in [2.05, 4.69) is 41.6 Å². The quantitative estimate of drug-likeness (QED) is 0.138. The van der Waals surface area contributed by atoms with Gasteiger partial charge in [-0.2, -0.15) is 0 Å². The number of carbonyl (C=O) groups excluding carboxylic acids is 1. The molecular formula is C20H37IN4O3. The molecule has 0 bridgehead atoms. The summed E-state index contributed by atoms with van der Waals surface area (Å²) in [6, 6.07) is 0. The van der Waals surface area contributed by atoms with E-state index in [1.165, 1.54) is 0 Å². The van der Waals surface area contributed by atoms with Crippen LogP contribution in [0, 0.1) is 0 Å². The standard InChI is InChI=1S/C20H36N4O3.HI/c1-5-17-16(18(6-2)27-24-17)15-23-20(21-7-3)22-14-12-10-9-11-13-19(25)26-8-4;/h5-15H2,1-4H3,(H2,21,22,23);1H. The first-order valence-corrected chi connectivity index (χ1v) is 10.3. The SMILES string of the molecule is CCNC(=NCc1c(CC)noc1CC)NCCCCCCC(=O)OCC.I. The highest BCUT2D eigenvalue weighted by atomic mass is 127. The summed E-state index contributed by atoms with van der Waals surface area (Å²) in [5.41, 5.74) is 2.10. The normalized spacial score (nSPS) is 11.1.